The molecule has 398 valence electrons. The van der Waals surface area contributed by atoms with Crippen molar-refractivity contribution in [2.75, 3.05) is 40.9 Å². The molecule has 2 N–H and O–H groups in total. The molecular weight excluding hydrogens is 868 g/mol. The van der Waals surface area contributed by atoms with Gasteiger partial charge in [0.1, 0.15) is 19.3 Å². The van der Waals surface area contributed by atoms with Crippen LogP contribution in [0.25, 0.3) is 0 Å². The fourth-order valence-electron chi connectivity index (χ4n) is 8.09. The van der Waals surface area contributed by atoms with Gasteiger partial charge in [-0.3, -0.25) is 18.6 Å². The number of quaternary nitrogens is 1. The van der Waals surface area contributed by atoms with Gasteiger partial charge in [-0.15, -0.1) is 0 Å². The number of likely N-dealkylation sites (N-methyl/N-ethyl adjacent to an activating group) is 1. The molecule has 9 nitrogen and oxygen atoms in total. The molecule has 0 aromatic rings. The van der Waals surface area contributed by atoms with E-state index in [2.05, 4.69) is 62.5 Å². The number of rotatable bonds is 51. The van der Waals surface area contributed by atoms with Crippen LogP contribution in [0.5, 0.6) is 0 Å². The van der Waals surface area contributed by atoms with E-state index in [0.29, 0.717) is 17.4 Å². The summed E-state index contributed by atoms with van der Waals surface area (Å²) in [7, 11) is 1.49. The van der Waals surface area contributed by atoms with Crippen LogP contribution in [0.3, 0.4) is 0 Å². The Balaban J connectivity index is 5.32. The number of ether oxygens (including phenoxy) is 1. The quantitative estimate of drug-likeness (QED) is 0.0205. The van der Waals surface area contributed by atoms with Crippen molar-refractivity contribution in [3.05, 3.63) is 48.6 Å². The Labute approximate surface area is 420 Å². The first kappa shape index (κ1) is 66.0. The predicted octanol–water partition coefficient (Wildman–Crippen LogP) is 16.9. The summed E-state index contributed by atoms with van der Waals surface area (Å²) in [6, 6.07) is -0.851. The van der Waals surface area contributed by atoms with Gasteiger partial charge in [-0.1, -0.05) is 211 Å². The molecule has 0 aliphatic carbocycles. The van der Waals surface area contributed by atoms with E-state index in [0.717, 1.165) is 83.5 Å². The van der Waals surface area contributed by atoms with Crippen LogP contribution < -0.4 is 5.32 Å². The molecule has 68 heavy (non-hydrogen) atoms. The minimum Gasteiger partial charge on any atom is -0.456 e. The molecule has 0 aliphatic rings. The lowest BCUT2D eigenvalue weighted by Gasteiger charge is -2.27. The zero-order chi connectivity index (χ0) is 50.1. The van der Waals surface area contributed by atoms with Crippen molar-refractivity contribution >= 4 is 19.7 Å². The number of nitrogens with one attached hydrogen (secondary N) is 1. The highest BCUT2D eigenvalue weighted by molar-refractivity contribution is 7.47. The Hall–Kier alpha value is -2.03. The SMILES string of the molecule is CC/C=C/C/C=C/CCCCCCCCCC(=O)NC(COP(=O)(O)OCC[N+](C)(C)C)C(/C=C/CCCCCCCCCCC)OC(=O)CCCCCCCCC/C=C/CCCCCCCC. The minimum absolute atomic E-state index is 0.0377. The molecule has 10 heteroatoms. The maximum absolute atomic E-state index is 13.5. The molecular formula is C58H110N2O7P+. The van der Waals surface area contributed by atoms with Crippen molar-refractivity contribution < 1.29 is 37.3 Å². The molecule has 3 unspecified atom stereocenters. The molecule has 0 fully saturated rings. The van der Waals surface area contributed by atoms with Crippen molar-refractivity contribution in [1.29, 1.82) is 0 Å². The summed E-state index contributed by atoms with van der Waals surface area (Å²) in [5.41, 5.74) is 0. The van der Waals surface area contributed by atoms with Crippen LogP contribution in [0.4, 0.5) is 0 Å². The van der Waals surface area contributed by atoms with E-state index in [4.69, 9.17) is 13.8 Å². The highest BCUT2D eigenvalue weighted by atomic mass is 31.2. The number of phosphoric ester groups is 1. The van der Waals surface area contributed by atoms with Crippen molar-refractivity contribution in [1.82, 2.24) is 5.32 Å². The van der Waals surface area contributed by atoms with Gasteiger partial charge in [0, 0.05) is 12.8 Å². The average molecular weight is 978 g/mol. The highest BCUT2D eigenvalue weighted by Crippen LogP contribution is 2.43. The summed E-state index contributed by atoms with van der Waals surface area (Å²) in [4.78, 5) is 37.5. The first-order valence-corrected chi connectivity index (χ1v) is 30.0. The summed E-state index contributed by atoms with van der Waals surface area (Å²) in [6.07, 6.45) is 58.2. The molecule has 0 aromatic carbocycles. The summed E-state index contributed by atoms with van der Waals surface area (Å²) < 4.78 is 30.6. The van der Waals surface area contributed by atoms with Gasteiger partial charge >= 0.3 is 13.8 Å². The minimum atomic E-state index is -4.44. The predicted molar refractivity (Wildman–Crippen MR) is 291 cm³/mol. The smallest absolute Gasteiger partial charge is 0.456 e. The van der Waals surface area contributed by atoms with E-state index >= 15 is 0 Å². The van der Waals surface area contributed by atoms with Gasteiger partial charge in [0.2, 0.25) is 5.91 Å². The van der Waals surface area contributed by atoms with E-state index in [-0.39, 0.29) is 31.5 Å². The average Bonchev–Trinajstić information content (AvgIpc) is 3.29. The van der Waals surface area contributed by atoms with Gasteiger partial charge in [-0.05, 0) is 83.1 Å². The fraction of sp³-hybridized carbons (Fsp3) is 0.828. The van der Waals surface area contributed by atoms with Gasteiger partial charge in [-0.2, -0.15) is 0 Å². The monoisotopic (exact) mass is 978 g/mol. The summed E-state index contributed by atoms with van der Waals surface area (Å²) in [5.74, 6) is -0.517. The Kier molecular flexibility index (Phi) is 47.1. The van der Waals surface area contributed by atoms with Crippen LogP contribution >= 0.6 is 7.82 Å². The summed E-state index contributed by atoms with van der Waals surface area (Å²) >= 11 is 0. The second-order valence-electron chi connectivity index (χ2n) is 20.4. The van der Waals surface area contributed by atoms with Crippen molar-refractivity contribution in [3.63, 3.8) is 0 Å². The molecule has 0 aromatic heterocycles. The largest absolute Gasteiger partial charge is 0.472 e. The van der Waals surface area contributed by atoms with Crippen molar-refractivity contribution in [2.24, 2.45) is 0 Å². The summed E-state index contributed by atoms with van der Waals surface area (Å²) in [6.45, 7) is 6.89. The fourth-order valence-corrected chi connectivity index (χ4v) is 8.83. The summed E-state index contributed by atoms with van der Waals surface area (Å²) in [5, 5.41) is 3.04. The molecule has 0 spiro atoms. The van der Waals surface area contributed by atoms with Gasteiger partial charge in [0.05, 0.1) is 33.8 Å². The third kappa shape index (κ3) is 49.0. The van der Waals surface area contributed by atoms with Crippen LogP contribution in [-0.2, 0) is 27.9 Å². The molecule has 3 atom stereocenters. The highest BCUT2D eigenvalue weighted by Gasteiger charge is 2.30. The zero-order valence-corrected chi connectivity index (χ0v) is 46.2. The maximum atomic E-state index is 13.5. The number of amides is 1. The van der Waals surface area contributed by atoms with Crippen LogP contribution in [0.15, 0.2) is 48.6 Å². The molecule has 0 saturated heterocycles. The molecule has 0 bridgehead atoms. The van der Waals surface area contributed by atoms with Gasteiger partial charge in [0.15, 0.2) is 0 Å². The van der Waals surface area contributed by atoms with Gasteiger partial charge in [-0.25, -0.2) is 4.57 Å². The Morgan fingerprint density at radius 1 is 0.529 bits per heavy atom. The topological polar surface area (TPSA) is 111 Å². The number of hydrogen-bond acceptors (Lipinski definition) is 6. The lowest BCUT2D eigenvalue weighted by Crippen LogP contribution is -2.47. The Morgan fingerprint density at radius 3 is 1.41 bits per heavy atom. The van der Waals surface area contributed by atoms with E-state index in [1.807, 2.05) is 33.3 Å². The molecule has 0 heterocycles. The van der Waals surface area contributed by atoms with Crippen LogP contribution in [0, 0.1) is 0 Å². The number of phosphoric acid groups is 1. The number of unbranched alkanes of at least 4 members (excludes halogenated alkanes) is 29. The molecule has 0 saturated carbocycles. The third-order valence-corrected chi connectivity index (χ3v) is 13.5. The lowest BCUT2D eigenvalue weighted by atomic mass is 10.1. The Bertz CT molecular complexity index is 1310. The van der Waals surface area contributed by atoms with E-state index in [9.17, 15) is 19.0 Å². The normalized spacial score (nSPS) is 14.2. The van der Waals surface area contributed by atoms with Gasteiger partial charge in [0.25, 0.3) is 0 Å². The second-order valence-corrected chi connectivity index (χ2v) is 21.9. The van der Waals surface area contributed by atoms with E-state index in [1.54, 1.807) is 0 Å². The maximum Gasteiger partial charge on any atom is 0.472 e. The zero-order valence-electron chi connectivity index (χ0n) is 45.3. The van der Waals surface area contributed by atoms with Gasteiger partial charge < -0.3 is 19.4 Å². The standard InChI is InChI=1S/C58H109N2O7P/c1-7-10-13-16-19-22-25-27-29-30-31-33-36-39-42-45-48-51-58(62)67-56(49-46-43-40-37-34-24-21-18-15-12-9-3)55(54-66-68(63,64)65-53-52-60(4,5)6)59-57(61)50-47-44-41-38-35-32-28-26-23-20-17-14-11-8-2/h11,14,20,23,27,29,46,49,55-56H,7-10,12-13,15-19,21-22,24-26,28,30-45,47-48,50-54H2,1-6H3,(H-,59,61,63,64)/p+1/b14-11+,23-20+,29-27+,49-46+. The van der Waals surface area contributed by atoms with Crippen molar-refractivity contribution in [3.8, 4) is 0 Å². The number of hydrogen-bond donors (Lipinski definition) is 2. The number of esters is 1. The van der Waals surface area contributed by atoms with Crippen molar-refractivity contribution in [2.45, 2.75) is 270 Å². The molecule has 0 radical (unpaired) electrons. The first-order chi connectivity index (χ1) is 32.9. The molecule has 1 amide bonds. The third-order valence-electron chi connectivity index (χ3n) is 12.5. The lowest BCUT2D eigenvalue weighted by molar-refractivity contribution is -0.870. The molecule has 0 aliphatic heterocycles. The number of carbonyl (C=O) groups excluding carboxylic acids is 2. The van der Waals surface area contributed by atoms with Crippen LogP contribution in [-0.4, -0.2) is 74.3 Å². The van der Waals surface area contributed by atoms with E-state index in [1.165, 1.54) is 141 Å². The van der Waals surface area contributed by atoms with Crippen LogP contribution in [0.1, 0.15) is 258 Å². The second kappa shape index (κ2) is 48.6. The molecule has 0 rings (SSSR count). The number of allylic oxidation sites excluding steroid dienone is 7. The first-order valence-electron chi connectivity index (χ1n) is 28.5. The van der Waals surface area contributed by atoms with E-state index < -0.39 is 20.0 Å². The Morgan fingerprint density at radius 2 is 0.941 bits per heavy atom. The number of carbonyl (C=O) groups is 2. The van der Waals surface area contributed by atoms with Crippen LogP contribution in [0.2, 0.25) is 0 Å². The number of nitrogens with zero attached hydrogens (tertiary/aromatic N) is 1.